The summed E-state index contributed by atoms with van der Waals surface area (Å²) in [6.45, 7) is 0.580. The minimum atomic E-state index is -4.88. The second-order valence-corrected chi connectivity index (χ2v) is 4.75. The van der Waals surface area contributed by atoms with Gasteiger partial charge in [0.1, 0.15) is 0 Å². The summed E-state index contributed by atoms with van der Waals surface area (Å²) in [5, 5.41) is 10.7. The van der Waals surface area contributed by atoms with Crippen molar-refractivity contribution in [3.63, 3.8) is 0 Å². The normalized spacial score (nSPS) is 14.3. The van der Waals surface area contributed by atoms with Gasteiger partial charge in [-0.3, -0.25) is 9.59 Å². The van der Waals surface area contributed by atoms with Gasteiger partial charge in [-0.15, -0.1) is 0 Å². The van der Waals surface area contributed by atoms with Crippen molar-refractivity contribution in [3.8, 4) is 0 Å². The predicted octanol–water partition coefficient (Wildman–Crippen LogP) is 1.92. The van der Waals surface area contributed by atoms with Crippen molar-refractivity contribution < 1.29 is 27.9 Å². The summed E-state index contributed by atoms with van der Waals surface area (Å²) in [7, 11) is 0. The number of carbonyl (C=O) groups excluding carboxylic acids is 1. The lowest BCUT2D eigenvalue weighted by Crippen LogP contribution is -2.59. The van der Waals surface area contributed by atoms with Crippen LogP contribution < -0.4 is 11.1 Å². The summed E-state index contributed by atoms with van der Waals surface area (Å²) in [5.41, 5.74) is 2.71. The zero-order valence-corrected chi connectivity index (χ0v) is 11.2. The van der Waals surface area contributed by atoms with E-state index >= 15 is 0 Å². The van der Waals surface area contributed by atoms with Gasteiger partial charge in [0.05, 0.1) is 0 Å². The van der Waals surface area contributed by atoms with E-state index < -0.39 is 23.6 Å². The number of hydrogen-bond acceptors (Lipinski definition) is 3. The lowest BCUT2D eigenvalue weighted by atomic mass is 10.0. The number of rotatable bonds is 5. The fourth-order valence-corrected chi connectivity index (χ4v) is 1.45. The van der Waals surface area contributed by atoms with Crippen molar-refractivity contribution in [2.45, 2.75) is 31.5 Å². The number of nitrogens with two attached hydrogens (primary N) is 1. The molecule has 8 heteroatoms. The molecule has 0 bridgehead atoms. The third-order valence-corrected chi connectivity index (χ3v) is 2.87. The molecular weight excluding hydrogens is 289 g/mol. The highest BCUT2D eigenvalue weighted by Gasteiger charge is 2.53. The SMILES string of the molecule is CC(N)(C(=O)Nc1cccc(CCC(=O)O)c1)C(F)(F)F. The number of amides is 1. The van der Waals surface area contributed by atoms with Crippen LogP contribution in [0.25, 0.3) is 0 Å². The Kier molecular flexibility index (Phi) is 4.95. The fourth-order valence-electron chi connectivity index (χ4n) is 1.45. The quantitative estimate of drug-likeness (QED) is 0.775. The van der Waals surface area contributed by atoms with E-state index in [1.165, 1.54) is 18.2 Å². The van der Waals surface area contributed by atoms with E-state index in [4.69, 9.17) is 10.8 Å². The molecular formula is C13H15F3N2O3. The molecule has 0 spiro atoms. The average molecular weight is 304 g/mol. The standard InChI is InChI=1S/C13H15F3N2O3/c1-12(17,13(14,15)16)11(21)18-9-4-2-3-8(7-9)5-6-10(19)20/h2-4,7H,5-6,17H2,1H3,(H,18,21)(H,19,20). The Morgan fingerprint density at radius 1 is 1.33 bits per heavy atom. The first-order chi connectivity index (χ1) is 9.54. The molecule has 1 atom stereocenters. The van der Waals surface area contributed by atoms with Crippen molar-refractivity contribution in [2.75, 3.05) is 5.32 Å². The Hall–Kier alpha value is -2.09. The number of benzene rings is 1. The molecule has 1 aromatic carbocycles. The number of hydrogen-bond donors (Lipinski definition) is 3. The maximum atomic E-state index is 12.6. The maximum absolute atomic E-state index is 12.6. The first-order valence-electron chi connectivity index (χ1n) is 6.02. The van der Waals surface area contributed by atoms with Crippen molar-refractivity contribution in [1.82, 2.24) is 0 Å². The Balaban J connectivity index is 2.82. The molecule has 0 aliphatic carbocycles. The molecule has 0 heterocycles. The minimum absolute atomic E-state index is 0.117. The molecule has 116 valence electrons. The molecule has 0 aliphatic rings. The van der Waals surface area contributed by atoms with Crippen LogP contribution in [0.4, 0.5) is 18.9 Å². The highest BCUT2D eigenvalue weighted by Crippen LogP contribution is 2.29. The van der Waals surface area contributed by atoms with Crippen LogP contribution in [0.15, 0.2) is 24.3 Å². The maximum Gasteiger partial charge on any atom is 0.415 e. The van der Waals surface area contributed by atoms with Crippen LogP contribution >= 0.6 is 0 Å². The third-order valence-electron chi connectivity index (χ3n) is 2.87. The molecule has 0 saturated carbocycles. The van der Waals surface area contributed by atoms with Crippen molar-refractivity contribution in [1.29, 1.82) is 0 Å². The summed E-state index contributed by atoms with van der Waals surface area (Å²) < 4.78 is 37.9. The fraction of sp³-hybridized carbons (Fsp3) is 0.385. The number of alkyl halides is 3. The van der Waals surface area contributed by atoms with E-state index in [1.54, 1.807) is 6.07 Å². The van der Waals surface area contributed by atoms with Crippen molar-refractivity contribution in [3.05, 3.63) is 29.8 Å². The van der Waals surface area contributed by atoms with Gasteiger partial charge in [0, 0.05) is 12.1 Å². The number of aryl methyl sites for hydroxylation is 1. The predicted molar refractivity (Wildman–Crippen MR) is 69.7 cm³/mol. The smallest absolute Gasteiger partial charge is 0.415 e. The van der Waals surface area contributed by atoms with Gasteiger partial charge in [-0.1, -0.05) is 12.1 Å². The molecule has 0 fully saturated rings. The van der Waals surface area contributed by atoms with Gasteiger partial charge in [-0.25, -0.2) is 0 Å². The lowest BCUT2D eigenvalue weighted by molar-refractivity contribution is -0.184. The first kappa shape index (κ1) is 17.0. The number of anilines is 1. The van der Waals surface area contributed by atoms with Crippen LogP contribution in [0, 0.1) is 0 Å². The van der Waals surface area contributed by atoms with E-state index in [-0.39, 0.29) is 18.5 Å². The lowest BCUT2D eigenvalue weighted by Gasteiger charge is -2.26. The number of halogens is 3. The number of carbonyl (C=O) groups is 2. The van der Waals surface area contributed by atoms with Gasteiger partial charge >= 0.3 is 12.1 Å². The molecule has 4 N–H and O–H groups in total. The Labute approximate surface area is 118 Å². The summed E-state index contributed by atoms with van der Waals surface area (Å²) in [4.78, 5) is 22.1. The monoisotopic (exact) mass is 304 g/mol. The second-order valence-electron chi connectivity index (χ2n) is 4.75. The van der Waals surface area contributed by atoms with E-state index in [0.29, 0.717) is 12.5 Å². The minimum Gasteiger partial charge on any atom is -0.481 e. The second kappa shape index (κ2) is 6.13. The molecule has 21 heavy (non-hydrogen) atoms. The van der Waals surface area contributed by atoms with Crippen LogP contribution in [0.3, 0.4) is 0 Å². The highest BCUT2D eigenvalue weighted by molar-refractivity contribution is 5.98. The van der Waals surface area contributed by atoms with Crippen molar-refractivity contribution in [2.24, 2.45) is 5.73 Å². The summed E-state index contributed by atoms with van der Waals surface area (Å²) in [5.74, 6) is -2.37. The topological polar surface area (TPSA) is 92.4 Å². The Bertz CT molecular complexity index is 542. The van der Waals surface area contributed by atoms with Gasteiger partial charge in [0.2, 0.25) is 0 Å². The van der Waals surface area contributed by atoms with Crippen LogP contribution in [0.5, 0.6) is 0 Å². The summed E-state index contributed by atoms with van der Waals surface area (Å²) in [6, 6.07) is 5.93. The van der Waals surface area contributed by atoms with Crippen LogP contribution in [0.2, 0.25) is 0 Å². The Morgan fingerprint density at radius 3 is 2.48 bits per heavy atom. The summed E-state index contributed by atoms with van der Waals surface area (Å²) in [6.07, 6.45) is -4.79. The third kappa shape index (κ3) is 4.45. The zero-order valence-electron chi connectivity index (χ0n) is 11.2. The van der Waals surface area contributed by atoms with Crippen molar-refractivity contribution >= 4 is 17.6 Å². The van der Waals surface area contributed by atoms with Crippen LogP contribution in [-0.2, 0) is 16.0 Å². The number of aliphatic carboxylic acids is 1. The highest BCUT2D eigenvalue weighted by atomic mass is 19.4. The van der Waals surface area contributed by atoms with Crippen LogP contribution in [0.1, 0.15) is 18.9 Å². The van der Waals surface area contributed by atoms with Gasteiger partial charge in [0.15, 0.2) is 5.54 Å². The Morgan fingerprint density at radius 2 is 1.95 bits per heavy atom. The molecule has 0 aliphatic heterocycles. The molecule has 0 aromatic heterocycles. The van der Waals surface area contributed by atoms with E-state index in [1.807, 2.05) is 0 Å². The molecule has 0 radical (unpaired) electrons. The number of carboxylic acid groups (broad SMARTS) is 1. The summed E-state index contributed by atoms with van der Waals surface area (Å²) >= 11 is 0. The van der Waals surface area contributed by atoms with Gasteiger partial charge in [-0.05, 0) is 31.0 Å². The molecule has 5 nitrogen and oxygen atoms in total. The van der Waals surface area contributed by atoms with Gasteiger partial charge in [0.25, 0.3) is 5.91 Å². The van der Waals surface area contributed by atoms with E-state index in [2.05, 4.69) is 5.32 Å². The first-order valence-corrected chi connectivity index (χ1v) is 6.02. The van der Waals surface area contributed by atoms with Gasteiger partial charge < -0.3 is 16.2 Å². The number of carboxylic acids is 1. The van der Waals surface area contributed by atoms with E-state index in [9.17, 15) is 22.8 Å². The molecule has 1 amide bonds. The number of nitrogens with one attached hydrogen (secondary N) is 1. The molecule has 1 unspecified atom stereocenters. The van der Waals surface area contributed by atoms with E-state index in [0.717, 1.165) is 0 Å². The van der Waals surface area contributed by atoms with Crippen LogP contribution in [-0.4, -0.2) is 28.7 Å². The molecule has 1 aromatic rings. The largest absolute Gasteiger partial charge is 0.481 e. The zero-order chi connectivity index (χ0) is 16.3. The average Bonchev–Trinajstić information content (AvgIpc) is 2.35. The molecule has 1 rings (SSSR count). The molecule has 0 saturated heterocycles. The van der Waals surface area contributed by atoms with Gasteiger partial charge in [-0.2, -0.15) is 13.2 Å².